The highest BCUT2D eigenvalue weighted by Gasteiger charge is 2.23. The molecule has 0 atom stereocenters. The summed E-state index contributed by atoms with van der Waals surface area (Å²) in [5.74, 6) is -0.465. The van der Waals surface area contributed by atoms with Gasteiger partial charge in [-0.2, -0.15) is 5.26 Å². The van der Waals surface area contributed by atoms with Gasteiger partial charge in [-0.05, 0) is 50.1 Å². The average molecular weight is 384 g/mol. The lowest BCUT2D eigenvalue weighted by molar-refractivity contribution is -0.112. The maximum absolute atomic E-state index is 12.6. The van der Waals surface area contributed by atoms with Crippen LogP contribution in [0.15, 0.2) is 29.8 Å². The fourth-order valence-electron chi connectivity index (χ4n) is 2.38. The Hall–Kier alpha value is -3.11. The molecule has 6 nitrogen and oxygen atoms in total. The number of nitriles is 1. The first-order valence-corrected chi connectivity index (χ1v) is 9.07. The third-order valence-corrected chi connectivity index (χ3v) is 4.98. The van der Waals surface area contributed by atoms with E-state index < -0.39 is 11.9 Å². The summed E-state index contributed by atoms with van der Waals surface area (Å²) < 4.78 is 10.2. The van der Waals surface area contributed by atoms with E-state index in [4.69, 9.17) is 9.47 Å². The molecule has 1 aromatic heterocycles. The molecule has 1 amide bonds. The number of aryl methyl sites for hydroxylation is 1. The summed E-state index contributed by atoms with van der Waals surface area (Å²) in [6.45, 7) is 5.61. The number of carbonyl (C=O) groups excluding carboxylic acids is 2. The van der Waals surface area contributed by atoms with Crippen molar-refractivity contribution in [3.8, 4) is 11.8 Å². The minimum absolute atomic E-state index is 0.0817. The summed E-state index contributed by atoms with van der Waals surface area (Å²) in [7, 11) is 1.54. The predicted molar refractivity (Wildman–Crippen MR) is 105 cm³/mol. The number of ether oxygens (including phenoxy) is 2. The number of nitrogens with zero attached hydrogens (tertiary/aromatic N) is 1. The van der Waals surface area contributed by atoms with Crippen molar-refractivity contribution in [1.82, 2.24) is 0 Å². The molecular weight excluding hydrogens is 364 g/mol. The van der Waals surface area contributed by atoms with Crippen LogP contribution in [-0.2, 0) is 9.53 Å². The molecule has 7 heteroatoms. The fraction of sp³-hybridized carbons (Fsp3) is 0.250. The fourth-order valence-corrected chi connectivity index (χ4v) is 3.42. The summed E-state index contributed by atoms with van der Waals surface area (Å²) in [6.07, 6.45) is 1.47. The monoisotopic (exact) mass is 384 g/mol. The van der Waals surface area contributed by atoms with Gasteiger partial charge >= 0.3 is 5.97 Å². The highest BCUT2D eigenvalue weighted by molar-refractivity contribution is 7.16. The van der Waals surface area contributed by atoms with Crippen LogP contribution in [0.4, 0.5) is 5.00 Å². The van der Waals surface area contributed by atoms with Crippen molar-refractivity contribution in [1.29, 1.82) is 5.26 Å². The lowest BCUT2D eigenvalue weighted by Gasteiger charge is -2.07. The normalized spacial score (nSPS) is 10.9. The van der Waals surface area contributed by atoms with Gasteiger partial charge in [-0.3, -0.25) is 4.79 Å². The summed E-state index contributed by atoms with van der Waals surface area (Å²) in [5.41, 5.74) is 1.65. The summed E-state index contributed by atoms with van der Waals surface area (Å²) in [5, 5.41) is 12.4. The number of thiophene rings is 1. The van der Waals surface area contributed by atoms with E-state index in [1.165, 1.54) is 17.4 Å². The van der Waals surface area contributed by atoms with E-state index in [1.807, 2.05) is 13.0 Å². The SMILES string of the molecule is CCOC(=O)c1c(NC(=O)C(C#N)=Cc2cccc(OC)c2)sc(C)c1C. The number of carbonyl (C=O) groups is 2. The van der Waals surface area contributed by atoms with Crippen molar-refractivity contribution >= 4 is 34.3 Å². The molecule has 1 N–H and O–H groups in total. The van der Waals surface area contributed by atoms with Gasteiger partial charge in [0, 0.05) is 4.88 Å². The number of anilines is 1. The predicted octanol–water partition coefficient (Wildman–Crippen LogP) is 4.10. The van der Waals surface area contributed by atoms with Crippen LogP contribution < -0.4 is 10.1 Å². The smallest absolute Gasteiger partial charge is 0.341 e. The minimum Gasteiger partial charge on any atom is -0.497 e. The van der Waals surface area contributed by atoms with Crippen molar-refractivity contribution < 1.29 is 19.1 Å². The van der Waals surface area contributed by atoms with E-state index in [1.54, 1.807) is 45.2 Å². The van der Waals surface area contributed by atoms with Gasteiger partial charge in [0.2, 0.25) is 0 Å². The van der Waals surface area contributed by atoms with Crippen LogP contribution in [0.25, 0.3) is 6.08 Å². The van der Waals surface area contributed by atoms with Crippen LogP contribution in [-0.4, -0.2) is 25.6 Å². The number of hydrogen-bond acceptors (Lipinski definition) is 6. The Labute approximate surface area is 162 Å². The number of benzene rings is 1. The number of esters is 1. The maximum atomic E-state index is 12.6. The van der Waals surface area contributed by atoms with Crippen molar-refractivity contribution in [2.75, 3.05) is 19.0 Å². The lowest BCUT2D eigenvalue weighted by Crippen LogP contribution is -2.16. The van der Waals surface area contributed by atoms with Crippen LogP contribution >= 0.6 is 11.3 Å². The molecule has 2 rings (SSSR count). The standard InChI is InChI=1S/C20H20N2O4S/c1-5-26-20(24)17-12(2)13(3)27-19(17)22-18(23)15(11-21)9-14-7-6-8-16(10-14)25-4/h6-10H,5H2,1-4H3,(H,22,23). The summed E-state index contributed by atoms with van der Waals surface area (Å²) in [6, 6.07) is 8.91. The largest absolute Gasteiger partial charge is 0.497 e. The Morgan fingerprint density at radius 2 is 2.07 bits per heavy atom. The van der Waals surface area contributed by atoms with E-state index in [2.05, 4.69) is 5.32 Å². The lowest BCUT2D eigenvalue weighted by atomic mass is 10.1. The molecular formula is C20H20N2O4S. The van der Waals surface area contributed by atoms with Crippen molar-refractivity contribution in [3.63, 3.8) is 0 Å². The molecule has 0 aliphatic heterocycles. The van der Waals surface area contributed by atoms with E-state index >= 15 is 0 Å². The van der Waals surface area contributed by atoms with Crippen molar-refractivity contribution in [2.45, 2.75) is 20.8 Å². The molecule has 0 spiro atoms. The van der Waals surface area contributed by atoms with Gasteiger partial charge in [0.1, 0.15) is 22.4 Å². The molecule has 0 saturated heterocycles. The van der Waals surface area contributed by atoms with Gasteiger partial charge in [0.05, 0.1) is 19.3 Å². The Bertz CT molecular complexity index is 938. The maximum Gasteiger partial charge on any atom is 0.341 e. The molecule has 1 aromatic carbocycles. The molecule has 0 saturated carbocycles. The molecule has 140 valence electrons. The molecule has 0 fully saturated rings. The average Bonchev–Trinajstić information content (AvgIpc) is 2.93. The second-order valence-corrected chi connectivity index (χ2v) is 6.83. The Morgan fingerprint density at radius 3 is 2.70 bits per heavy atom. The zero-order chi connectivity index (χ0) is 20.0. The molecule has 27 heavy (non-hydrogen) atoms. The quantitative estimate of drug-likeness (QED) is 0.460. The van der Waals surface area contributed by atoms with Crippen molar-refractivity contribution in [2.24, 2.45) is 0 Å². The zero-order valence-corrected chi connectivity index (χ0v) is 16.4. The number of amides is 1. The van der Waals surface area contributed by atoms with E-state index in [9.17, 15) is 14.9 Å². The minimum atomic E-state index is -0.591. The number of nitrogens with one attached hydrogen (secondary N) is 1. The van der Waals surface area contributed by atoms with Gasteiger partial charge in [-0.1, -0.05) is 12.1 Å². The van der Waals surface area contributed by atoms with Gasteiger partial charge in [0.25, 0.3) is 5.91 Å². The van der Waals surface area contributed by atoms with Gasteiger partial charge in [-0.25, -0.2) is 4.79 Å². The summed E-state index contributed by atoms with van der Waals surface area (Å²) in [4.78, 5) is 25.7. The van der Waals surface area contributed by atoms with Crippen molar-refractivity contribution in [3.05, 3.63) is 51.4 Å². The summed E-state index contributed by atoms with van der Waals surface area (Å²) >= 11 is 1.27. The highest BCUT2D eigenvalue weighted by atomic mass is 32.1. The molecule has 0 aliphatic rings. The van der Waals surface area contributed by atoms with Crippen LogP contribution in [0, 0.1) is 25.2 Å². The third-order valence-electron chi connectivity index (χ3n) is 3.86. The van der Waals surface area contributed by atoms with E-state index in [0.717, 1.165) is 10.4 Å². The van der Waals surface area contributed by atoms with E-state index in [0.29, 0.717) is 21.9 Å². The molecule has 0 bridgehead atoms. The first-order chi connectivity index (χ1) is 12.9. The van der Waals surface area contributed by atoms with Gasteiger partial charge < -0.3 is 14.8 Å². The van der Waals surface area contributed by atoms with Gasteiger partial charge in [0.15, 0.2) is 0 Å². The highest BCUT2D eigenvalue weighted by Crippen LogP contribution is 2.33. The Balaban J connectivity index is 2.32. The number of rotatable bonds is 6. The number of hydrogen-bond donors (Lipinski definition) is 1. The van der Waals surface area contributed by atoms with Crippen LogP contribution in [0.1, 0.15) is 33.3 Å². The number of methoxy groups -OCH3 is 1. The molecule has 1 heterocycles. The van der Waals surface area contributed by atoms with Crippen LogP contribution in [0.3, 0.4) is 0 Å². The molecule has 0 unspecified atom stereocenters. The second-order valence-electron chi connectivity index (χ2n) is 5.61. The van der Waals surface area contributed by atoms with Crippen LogP contribution in [0.5, 0.6) is 5.75 Å². The zero-order valence-electron chi connectivity index (χ0n) is 15.6. The first-order valence-electron chi connectivity index (χ1n) is 8.25. The Kier molecular flexibility index (Phi) is 6.74. The third kappa shape index (κ3) is 4.74. The Morgan fingerprint density at radius 1 is 1.33 bits per heavy atom. The van der Waals surface area contributed by atoms with Gasteiger partial charge in [-0.15, -0.1) is 11.3 Å². The first kappa shape index (κ1) is 20.2. The molecule has 0 radical (unpaired) electrons. The van der Waals surface area contributed by atoms with E-state index in [-0.39, 0.29) is 12.2 Å². The molecule has 0 aliphatic carbocycles. The molecule has 2 aromatic rings. The topological polar surface area (TPSA) is 88.4 Å². The second kappa shape index (κ2) is 9.01. The van der Waals surface area contributed by atoms with Crippen LogP contribution in [0.2, 0.25) is 0 Å².